The van der Waals surface area contributed by atoms with E-state index in [1.54, 1.807) is 0 Å². The Balaban J connectivity index is 2.64. The third kappa shape index (κ3) is 2.49. The van der Waals surface area contributed by atoms with Gasteiger partial charge in [0.05, 0.1) is 23.0 Å². The van der Waals surface area contributed by atoms with Crippen LogP contribution < -0.4 is 0 Å². The van der Waals surface area contributed by atoms with Crippen LogP contribution in [0.5, 0.6) is 0 Å². The van der Waals surface area contributed by atoms with Gasteiger partial charge in [-0.05, 0) is 19.3 Å². The quantitative estimate of drug-likeness (QED) is 0.519. The van der Waals surface area contributed by atoms with Gasteiger partial charge in [-0.3, -0.25) is 0 Å². The highest BCUT2D eigenvalue weighted by Crippen LogP contribution is 2.36. The number of hydrogen-bond donors (Lipinski definition) is 0. The fraction of sp³-hybridized carbons (Fsp3) is 0.700. The molecule has 1 unspecified atom stereocenters. The van der Waals surface area contributed by atoms with Gasteiger partial charge in [-0.2, -0.15) is 5.26 Å². The van der Waals surface area contributed by atoms with Crippen LogP contribution in [0.4, 0.5) is 0 Å². The first-order chi connectivity index (χ1) is 6.54. The number of rotatable bonds is 3. The van der Waals surface area contributed by atoms with E-state index in [1.807, 2.05) is 0 Å². The smallest absolute Gasteiger partial charge is 0.151 e. The van der Waals surface area contributed by atoms with Crippen LogP contribution in [0.25, 0.3) is 0 Å². The summed E-state index contributed by atoms with van der Waals surface area (Å²) in [7, 11) is -2.98. The molecule has 0 N–H and O–H groups in total. The van der Waals surface area contributed by atoms with E-state index in [9.17, 15) is 8.42 Å². The lowest BCUT2D eigenvalue weighted by Gasteiger charge is -2.17. The monoisotopic (exact) mass is 211 g/mol. The van der Waals surface area contributed by atoms with E-state index in [0.29, 0.717) is 19.3 Å². The second-order valence-electron chi connectivity index (χ2n) is 3.79. The zero-order chi connectivity index (χ0) is 10.7. The summed E-state index contributed by atoms with van der Waals surface area (Å²) in [6.07, 6.45) is 7.52. The molecule has 14 heavy (non-hydrogen) atoms. The molecule has 1 aliphatic rings. The fourth-order valence-corrected chi connectivity index (χ4v) is 3.83. The van der Waals surface area contributed by atoms with Crippen LogP contribution in [0.3, 0.4) is 0 Å². The number of sulfone groups is 1. The first-order valence-electron chi connectivity index (χ1n) is 4.59. The van der Waals surface area contributed by atoms with Gasteiger partial charge in [0.2, 0.25) is 0 Å². The molecule has 1 heterocycles. The van der Waals surface area contributed by atoms with E-state index in [-0.39, 0.29) is 11.5 Å². The van der Waals surface area contributed by atoms with Crippen molar-refractivity contribution in [2.24, 2.45) is 5.41 Å². The predicted molar refractivity (Wildman–Crippen MR) is 54.0 cm³/mol. The third-order valence-electron chi connectivity index (χ3n) is 2.60. The maximum absolute atomic E-state index is 11.2. The lowest BCUT2D eigenvalue weighted by atomic mass is 9.84. The Labute approximate surface area is 85.0 Å². The molecule has 1 aliphatic heterocycles. The minimum Gasteiger partial charge on any atom is -0.229 e. The number of terminal acetylenes is 1. The molecule has 0 aromatic rings. The normalized spacial score (nSPS) is 29.3. The molecule has 0 bridgehead atoms. The van der Waals surface area contributed by atoms with Gasteiger partial charge in [-0.15, -0.1) is 12.3 Å². The highest BCUT2D eigenvalue weighted by molar-refractivity contribution is 7.91. The van der Waals surface area contributed by atoms with Gasteiger partial charge in [0.25, 0.3) is 0 Å². The Morgan fingerprint density at radius 2 is 2.21 bits per heavy atom. The van der Waals surface area contributed by atoms with Gasteiger partial charge >= 0.3 is 0 Å². The Morgan fingerprint density at radius 3 is 2.64 bits per heavy atom. The van der Waals surface area contributed by atoms with E-state index in [0.717, 1.165) is 6.42 Å². The van der Waals surface area contributed by atoms with E-state index in [1.165, 1.54) is 0 Å². The largest absolute Gasteiger partial charge is 0.229 e. The van der Waals surface area contributed by atoms with Crippen LogP contribution in [0.2, 0.25) is 0 Å². The van der Waals surface area contributed by atoms with Crippen molar-refractivity contribution in [2.75, 3.05) is 11.5 Å². The molecule has 1 fully saturated rings. The van der Waals surface area contributed by atoms with Crippen LogP contribution in [0.1, 0.15) is 25.7 Å². The van der Waals surface area contributed by atoms with Gasteiger partial charge in [0.15, 0.2) is 9.84 Å². The minimum absolute atomic E-state index is 0.0150. The molecule has 1 atom stereocenters. The number of nitriles is 1. The van der Waals surface area contributed by atoms with E-state index >= 15 is 0 Å². The van der Waals surface area contributed by atoms with Gasteiger partial charge in [-0.25, -0.2) is 8.42 Å². The van der Waals surface area contributed by atoms with Crippen LogP contribution in [-0.4, -0.2) is 19.9 Å². The maximum Gasteiger partial charge on any atom is 0.151 e. The second-order valence-corrected chi connectivity index (χ2v) is 5.98. The first kappa shape index (κ1) is 11.1. The molecule has 76 valence electrons. The van der Waals surface area contributed by atoms with Crippen molar-refractivity contribution in [3.63, 3.8) is 0 Å². The average molecular weight is 211 g/mol. The highest BCUT2D eigenvalue weighted by atomic mass is 32.2. The van der Waals surface area contributed by atoms with Gasteiger partial charge in [0.1, 0.15) is 0 Å². The molecular weight excluding hydrogens is 198 g/mol. The standard InChI is InChI=1S/C10H13NO2S/c1-2-3-4-5-10(8-11)6-7-14(12,13)9-10/h1H,3-7,9H2. The SMILES string of the molecule is C#CCCCC1(C#N)CCS(=O)(=O)C1. The van der Waals surface area contributed by atoms with Crippen molar-refractivity contribution >= 4 is 9.84 Å². The van der Waals surface area contributed by atoms with Crippen molar-refractivity contribution in [2.45, 2.75) is 25.7 Å². The summed E-state index contributed by atoms with van der Waals surface area (Å²) >= 11 is 0. The molecular formula is C10H13NO2S. The Kier molecular flexibility index (Phi) is 3.18. The summed E-state index contributed by atoms with van der Waals surface area (Å²) < 4.78 is 22.5. The zero-order valence-corrected chi connectivity index (χ0v) is 8.81. The van der Waals surface area contributed by atoms with Gasteiger partial charge < -0.3 is 0 Å². The lowest BCUT2D eigenvalue weighted by Crippen LogP contribution is -2.19. The predicted octanol–water partition coefficient (Wildman–Crippen LogP) is 1.12. The summed E-state index contributed by atoms with van der Waals surface area (Å²) in [6, 6.07) is 2.14. The van der Waals surface area contributed by atoms with Crippen molar-refractivity contribution in [1.29, 1.82) is 5.26 Å². The summed E-state index contributed by atoms with van der Waals surface area (Å²) in [5, 5.41) is 8.98. The molecule has 0 aromatic heterocycles. The molecule has 1 saturated heterocycles. The number of unbranched alkanes of at least 4 members (excludes halogenated alkanes) is 1. The molecule has 0 amide bonds. The summed E-state index contributed by atoms with van der Waals surface area (Å²) in [6.45, 7) is 0. The molecule has 4 heteroatoms. The van der Waals surface area contributed by atoms with Crippen LogP contribution in [-0.2, 0) is 9.84 Å². The zero-order valence-electron chi connectivity index (χ0n) is 7.99. The molecule has 0 radical (unpaired) electrons. The Hall–Kier alpha value is -1.00. The Bertz CT molecular complexity index is 385. The van der Waals surface area contributed by atoms with Crippen LogP contribution >= 0.6 is 0 Å². The molecule has 3 nitrogen and oxygen atoms in total. The number of nitrogens with zero attached hydrogens (tertiary/aromatic N) is 1. The summed E-state index contributed by atoms with van der Waals surface area (Å²) in [5.41, 5.74) is -0.657. The Morgan fingerprint density at radius 1 is 1.50 bits per heavy atom. The van der Waals surface area contributed by atoms with E-state index in [2.05, 4.69) is 12.0 Å². The van der Waals surface area contributed by atoms with Gasteiger partial charge in [0, 0.05) is 6.42 Å². The fourth-order valence-electron chi connectivity index (χ4n) is 1.79. The highest BCUT2D eigenvalue weighted by Gasteiger charge is 2.41. The minimum atomic E-state index is -2.98. The molecule has 0 aliphatic carbocycles. The van der Waals surface area contributed by atoms with E-state index < -0.39 is 15.3 Å². The number of hydrogen-bond acceptors (Lipinski definition) is 3. The van der Waals surface area contributed by atoms with Crippen molar-refractivity contribution in [3.8, 4) is 18.4 Å². The molecule has 0 saturated carbocycles. The van der Waals surface area contributed by atoms with E-state index in [4.69, 9.17) is 11.7 Å². The first-order valence-corrected chi connectivity index (χ1v) is 6.41. The molecule has 0 spiro atoms. The summed E-state index contributed by atoms with van der Waals surface area (Å²) in [5.74, 6) is 2.66. The van der Waals surface area contributed by atoms with Crippen molar-refractivity contribution in [1.82, 2.24) is 0 Å². The van der Waals surface area contributed by atoms with Crippen LogP contribution in [0, 0.1) is 29.1 Å². The molecule has 0 aromatic carbocycles. The molecule has 1 rings (SSSR count). The second kappa shape index (κ2) is 4.02. The van der Waals surface area contributed by atoms with Gasteiger partial charge in [-0.1, -0.05) is 0 Å². The third-order valence-corrected chi connectivity index (χ3v) is 4.42. The summed E-state index contributed by atoms with van der Waals surface area (Å²) in [4.78, 5) is 0. The van der Waals surface area contributed by atoms with Crippen LogP contribution in [0.15, 0.2) is 0 Å². The maximum atomic E-state index is 11.2. The van der Waals surface area contributed by atoms with Crippen molar-refractivity contribution < 1.29 is 8.42 Å². The average Bonchev–Trinajstić information content (AvgIpc) is 2.44. The van der Waals surface area contributed by atoms with Crippen molar-refractivity contribution in [3.05, 3.63) is 0 Å². The lowest BCUT2D eigenvalue weighted by molar-refractivity contribution is 0.405. The topological polar surface area (TPSA) is 57.9 Å².